The Bertz CT molecular complexity index is 643. The van der Waals surface area contributed by atoms with Crippen LogP contribution in [-0.2, 0) is 0 Å². The van der Waals surface area contributed by atoms with Gasteiger partial charge in [-0.15, -0.1) is 0 Å². The smallest absolute Gasteiger partial charge is 0.256 e. The second kappa shape index (κ2) is 5.63. The Kier molecular flexibility index (Phi) is 4.12. The second-order valence-corrected chi connectivity index (χ2v) is 5.37. The monoisotopic (exact) mass is 339 g/mol. The number of anilines is 1. The first-order valence-corrected chi connectivity index (χ1v) is 6.70. The van der Waals surface area contributed by atoms with Crippen LogP contribution in [-0.4, -0.2) is 11.0 Å². The van der Waals surface area contributed by atoms with E-state index in [1.165, 1.54) is 6.07 Å². The molecule has 2 aromatic rings. The number of phenolic OH excluding ortho intramolecular Hbond substituents is 1. The van der Waals surface area contributed by atoms with Gasteiger partial charge in [0.05, 0.1) is 5.56 Å². The molecule has 0 atom stereocenters. The number of aromatic hydroxyl groups is 1. The van der Waals surface area contributed by atoms with Gasteiger partial charge in [-0.25, -0.2) is 0 Å². The van der Waals surface area contributed by atoms with Crippen LogP contribution in [0.1, 0.15) is 15.9 Å². The summed E-state index contributed by atoms with van der Waals surface area (Å²) in [6, 6.07) is 9.78. The molecule has 3 nitrogen and oxygen atoms in total. The van der Waals surface area contributed by atoms with Gasteiger partial charge in [-0.3, -0.25) is 4.79 Å². The molecule has 98 valence electrons. The molecule has 0 saturated heterocycles. The highest BCUT2D eigenvalue weighted by molar-refractivity contribution is 9.10. The number of aryl methyl sites for hydroxylation is 1. The van der Waals surface area contributed by atoms with Crippen LogP contribution in [0.2, 0.25) is 5.02 Å². The molecular weight excluding hydrogens is 330 g/mol. The van der Waals surface area contributed by atoms with Gasteiger partial charge in [-0.1, -0.05) is 11.6 Å². The number of benzene rings is 2. The van der Waals surface area contributed by atoms with Crippen LogP contribution in [0.4, 0.5) is 5.69 Å². The van der Waals surface area contributed by atoms with Gasteiger partial charge in [-0.2, -0.15) is 0 Å². The third-order valence-electron chi connectivity index (χ3n) is 2.63. The fourth-order valence-electron chi connectivity index (χ4n) is 1.65. The summed E-state index contributed by atoms with van der Waals surface area (Å²) in [6.07, 6.45) is 0. The predicted octanol–water partition coefficient (Wildman–Crippen LogP) is 4.37. The quantitative estimate of drug-likeness (QED) is 0.798. The molecule has 2 aromatic carbocycles. The molecule has 0 bridgehead atoms. The van der Waals surface area contributed by atoms with Crippen molar-refractivity contribution in [3.8, 4) is 5.75 Å². The van der Waals surface area contributed by atoms with Crippen molar-refractivity contribution in [1.29, 1.82) is 0 Å². The number of phenols is 1. The number of nitrogens with one attached hydrogen (secondary N) is 1. The van der Waals surface area contributed by atoms with Gasteiger partial charge in [0.1, 0.15) is 5.75 Å². The molecule has 0 aliphatic carbocycles. The van der Waals surface area contributed by atoms with Crippen LogP contribution >= 0.6 is 27.5 Å². The van der Waals surface area contributed by atoms with Crippen molar-refractivity contribution in [2.45, 2.75) is 6.92 Å². The maximum atomic E-state index is 12.2. The van der Waals surface area contributed by atoms with Crippen LogP contribution in [0.3, 0.4) is 0 Å². The third-order valence-corrected chi connectivity index (χ3v) is 3.56. The summed E-state index contributed by atoms with van der Waals surface area (Å²) < 4.78 is 0.672. The molecule has 0 saturated carbocycles. The molecule has 0 aliphatic heterocycles. The van der Waals surface area contributed by atoms with E-state index in [4.69, 9.17) is 11.6 Å². The van der Waals surface area contributed by atoms with Gasteiger partial charge < -0.3 is 10.4 Å². The second-order valence-electron chi connectivity index (χ2n) is 4.08. The lowest BCUT2D eigenvalue weighted by Crippen LogP contribution is -2.13. The normalized spacial score (nSPS) is 10.3. The van der Waals surface area contributed by atoms with E-state index in [1.54, 1.807) is 30.3 Å². The molecule has 2 rings (SSSR count). The van der Waals surface area contributed by atoms with Crippen LogP contribution < -0.4 is 5.32 Å². The Hall–Kier alpha value is -1.52. The van der Waals surface area contributed by atoms with E-state index in [1.807, 2.05) is 6.92 Å². The summed E-state index contributed by atoms with van der Waals surface area (Å²) >= 11 is 9.20. The number of halogens is 2. The average Bonchev–Trinajstić information content (AvgIpc) is 2.35. The zero-order valence-electron chi connectivity index (χ0n) is 10.1. The van der Waals surface area contributed by atoms with E-state index in [2.05, 4.69) is 21.2 Å². The van der Waals surface area contributed by atoms with Gasteiger partial charge in [0.15, 0.2) is 0 Å². The van der Waals surface area contributed by atoms with Crippen LogP contribution in [0.15, 0.2) is 40.9 Å². The van der Waals surface area contributed by atoms with Gasteiger partial charge >= 0.3 is 0 Å². The minimum atomic E-state index is -0.261. The summed E-state index contributed by atoms with van der Waals surface area (Å²) in [7, 11) is 0. The molecule has 0 radical (unpaired) electrons. The summed E-state index contributed by atoms with van der Waals surface area (Å²) in [5.74, 6) is -0.0948. The standard InChI is InChI=1S/C14H11BrClNO2/c1-8-6-10(18)3-5-13(8)17-14(19)11-7-9(16)2-4-12(11)15/h2-7,18H,1H3,(H,17,19). The molecule has 0 unspecified atom stereocenters. The van der Waals surface area contributed by atoms with E-state index in [9.17, 15) is 9.90 Å². The lowest BCUT2D eigenvalue weighted by molar-refractivity contribution is 0.102. The number of hydrogen-bond donors (Lipinski definition) is 2. The summed E-state index contributed by atoms with van der Waals surface area (Å²) in [4.78, 5) is 12.2. The molecule has 0 spiro atoms. The number of carbonyl (C=O) groups excluding carboxylic acids is 1. The number of rotatable bonds is 2. The van der Waals surface area contributed by atoms with Crippen molar-refractivity contribution in [3.05, 3.63) is 57.0 Å². The van der Waals surface area contributed by atoms with Crippen molar-refractivity contribution in [3.63, 3.8) is 0 Å². The van der Waals surface area contributed by atoms with E-state index in [0.29, 0.717) is 20.7 Å². The van der Waals surface area contributed by atoms with Gasteiger partial charge in [-0.05, 0) is 64.8 Å². The molecule has 2 N–H and O–H groups in total. The van der Waals surface area contributed by atoms with E-state index in [-0.39, 0.29) is 11.7 Å². The van der Waals surface area contributed by atoms with Crippen LogP contribution in [0.5, 0.6) is 5.75 Å². The molecule has 19 heavy (non-hydrogen) atoms. The number of carbonyl (C=O) groups is 1. The topological polar surface area (TPSA) is 49.3 Å². The molecule has 1 amide bonds. The fourth-order valence-corrected chi connectivity index (χ4v) is 2.25. The Morgan fingerprint density at radius 3 is 2.68 bits per heavy atom. The highest BCUT2D eigenvalue weighted by Crippen LogP contribution is 2.24. The molecule has 0 fully saturated rings. The first-order valence-electron chi connectivity index (χ1n) is 5.53. The Balaban J connectivity index is 2.28. The summed E-state index contributed by atoms with van der Waals surface area (Å²) in [6.45, 7) is 1.81. The molecule has 0 aromatic heterocycles. The summed E-state index contributed by atoms with van der Waals surface area (Å²) in [5.41, 5.74) is 1.89. The third kappa shape index (κ3) is 3.28. The molecule has 0 heterocycles. The zero-order valence-corrected chi connectivity index (χ0v) is 12.4. The maximum Gasteiger partial charge on any atom is 0.256 e. The van der Waals surface area contributed by atoms with Crippen molar-refractivity contribution in [1.82, 2.24) is 0 Å². The van der Waals surface area contributed by atoms with Crippen molar-refractivity contribution in [2.75, 3.05) is 5.32 Å². The molecular formula is C14H11BrClNO2. The maximum absolute atomic E-state index is 12.2. The van der Waals surface area contributed by atoms with Crippen molar-refractivity contribution >= 4 is 39.1 Å². The van der Waals surface area contributed by atoms with Crippen LogP contribution in [0.25, 0.3) is 0 Å². The highest BCUT2D eigenvalue weighted by atomic mass is 79.9. The van der Waals surface area contributed by atoms with E-state index in [0.717, 1.165) is 5.56 Å². The summed E-state index contributed by atoms with van der Waals surface area (Å²) in [5, 5.41) is 12.6. The van der Waals surface area contributed by atoms with Gasteiger partial charge in [0.2, 0.25) is 0 Å². The molecule has 5 heteroatoms. The first-order chi connectivity index (χ1) is 8.97. The van der Waals surface area contributed by atoms with Crippen molar-refractivity contribution < 1.29 is 9.90 Å². The van der Waals surface area contributed by atoms with Crippen LogP contribution in [0, 0.1) is 6.92 Å². The first kappa shape index (κ1) is 13.9. The van der Waals surface area contributed by atoms with E-state index < -0.39 is 0 Å². The highest BCUT2D eigenvalue weighted by Gasteiger charge is 2.12. The largest absolute Gasteiger partial charge is 0.508 e. The Morgan fingerprint density at radius 1 is 1.26 bits per heavy atom. The minimum absolute atomic E-state index is 0.166. The van der Waals surface area contributed by atoms with Crippen molar-refractivity contribution in [2.24, 2.45) is 0 Å². The SMILES string of the molecule is Cc1cc(O)ccc1NC(=O)c1cc(Cl)ccc1Br. The minimum Gasteiger partial charge on any atom is -0.508 e. The Labute approximate surface area is 124 Å². The number of hydrogen-bond acceptors (Lipinski definition) is 2. The lowest BCUT2D eigenvalue weighted by Gasteiger charge is -2.10. The molecule has 0 aliphatic rings. The average molecular weight is 341 g/mol. The number of amides is 1. The Morgan fingerprint density at radius 2 is 2.00 bits per heavy atom. The predicted molar refractivity (Wildman–Crippen MR) is 79.9 cm³/mol. The fraction of sp³-hybridized carbons (Fsp3) is 0.0714. The van der Waals surface area contributed by atoms with Gasteiger partial charge in [0.25, 0.3) is 5.91 Å². The van der Waals surface area contributed by atoms with Gasteiger partial charge in [0, 0.05) is 15.2 Å². The zero-order chi connectivity index (χ0) is 14.0. The lowest BCUT2D eigenvalue weighted by atomic mass is 10.1. The van der Waals surface area contributed by atoms with E-state index >= 15 is 0 Å².